The van der Waals surface area contributed by atoms with Crippen molar-refractivity contribution in [2.24, 2.45) is 11.3 Å². The van der Waals surface area contributed by atoms with Crippen LogP contribution in [0.1, 0.15) is 50.4 Å². The van der Waals surface area contributed by atoms with Crippen molar-refractivity contribution in [1.82, 2.24) is 20.2 Å². The number of amides is 3. The Kier molecular flexibility index (Phi) is 7.20. The van der Waals surface area contributed by atoms with E-state index in [0.717, 1.165) is 5.69 Å². The number of carbonyl (C=O) groups is 3. The van der Waals surface area contributed by atoms with Gasteiger partial charge < -0.3 is 19.9 Å². The lowest BCUT2D eigenvalue weighted by Crippen LogP contribution is -2.67. The van der Waals surface area contributed by atoms with E-state index in [4.69, 9.17) is 4.74 Å². The predicted octanol–water partition coefficient (Wildman–Crippen LogP) is 2.82. The highest BCUT2D eigenvalue weighted by Gasteiger charge is 2.63. The summed E-state index contributed by atoms with van der Waals surface area (Å²) in [5.74, 6) is -0.618. The summed E-state index contributed by atoms with van der Waals surface area (Å²) in [6.45, 7) is 4.56. The molecule has 2 aromatic rings. The third-order valence-electron chi connectivity index (χ3n) is 7.42. The van der Waals surface area contributed by atoms with Gasteiger partial charge in [0.05, 0.1) is 41.7 Å². The van der Waals surface area contributed by atoms with Gasteiger partial charge in [-0.2, -0.15) is 5.26 Å². The Morgan fingerprint density at radius 2 is 2.06 bits per heavy atom. The molecule has 0 saturated carbocycles. The second kappa shape index (κ2) is 10.3. The van der Waals surface area contributed by atoms with Crippen molar-refractivity contribution < 1.29 is 19.1 Å². The number of nitriles is 1. The van der Waals surface area contributed by atoms with Crippen LogP contribution in [0.2, 0.25) is 0 Å². The number of nitrogens with one attached hydrogen (secondary N) is 1. The number of hydrogen-bond acceptors (Lipinski definition) is 7. The summed E-state index contributed by atoms with van der Waals surface area (Å²) in [5.41, 5.74) is 0.954. The topological polar surface area (TPSA) is 129 Å². The van der Waals surface area contributed by atoms with E-state index in [1.165, 1.54) is 13.3 Å². The quantitative estimate of drug-likeness (QED) is 0.487. The Bertz CT molecular complexity index is 1170. The van der Waals surface area contributed by atoms with Gasteiger partial charge in [0, 0.05) is 25.5 Å². The summed E-state index contributed by atoms with van der Waals surface area (Å²) in [6, 6.07) is 7.90. The van der Waals surface area contributed by atoms with Gasteiger partial charge in [-0.15, -0.1) is 0 Å². The zero-order valence-electron chi connectivity index (χ0n) is 20.7. The fourth-order valence-corrected chi connectivity index (χ4v) is 5.11. The number of methoxy groups -OCH3 is 1. The third-order valence-corrected chi connectivity index (χ3v) is 7.42. The lowest BCUT2D eigenvalue weighted by atomic mass is 9.63. The minimum atomic E-state index is -0.731. The van der Waals surface area contributed by atoms with Crippen molar-refractivity contribution in [3.63, 3.8) is 0 Å². The SMILES string of the molecule is CC[C@H](C)[C@H](NC(=O)N1CCC2(CC1)C(=O)N(c1cncc(C#N)c1)C2c1ccccn1)C(=O)OC. The van der Waals surface area contributed by atoms with E-state index in [-0.39, 0.29) is 23.9 Å². The third kappa shape index (κ3) is 4.37. The molecule has 36 heavy (non-hydrogen) atoms. The molecule has 10 heteroatoms. The maximum Gasteiger partial charge on any atom is 0.328 e. The lowest BCUT2D eigenvalue weighted by molar-refractivity contribution is -0.144. The number of piperidine rings is 1. The van der Waals surface area contributed by atoms with Crippen LogP contribution in [0.4, 0.5) is 10.5 Å². The van der Waals surface area contributed by atoms with E-state index >= 15 is 0 Å². The molecule has 0 bridgehead atoms. The monoisotopic (exact) mass is 490 g/mol. The van der Waals surface area contributed by atoms with Crippen molar-refractivity contribution in [3.8, 4) is 6.07 Å². The van der Waals surface area contributed by atoms with E-state index in [2.05, 4.69) is 21.4 Å². The molecule has 1 spiro atoms. The average molecular weight is 491 g/mol. The molecule has 188 valence electrons. The highest BCUT2D eigenvalue weighted by Crippen LogP contribution is 2.57. The molecule has 1 unspecified atom stereocenters. The molecule has 3 atom stereocenters. The summed E-state index contributed by atoms with van der Waals surface area (Å²) in [7, 11) is 1.31. The Morgan fingerprint density at radius 3 is 2.67 bits per heavy atom. The van der Waals surface area contributed by atoms with E-state index in [9.17, 15) is 19.6 Å². The van der Waals surface area contributed by atoms with Gasteiger partial charge in [0.1, 0.15) is 12.1 Å². The van der Waals surface area contributed by atoms with Crippen molar-refractivity contribution in [2.45, 2.75) is 45.2 Å². The number of β-lactam (4-membered cyclic amide) rings is 1. The van der Waals surface area contributed by atoms with Crippen molar-refractivity contribution in [3.05, 3.63) is 54.1 Å². The van der Waals surface area contributed by atoms with Gasteiger partial charge in [0.25, 0.3) is 0 Å². The van der Waals surface area contributed by atoms with Crippen molar-refractivity contribution >= 4 is 23.6 Å². The molecule has 4 rings (SSSR count). The molecule has 0 radical (unpaired) electrons. The van der Waals surface area contributed by atoms with Crippen LogP contribution in [0.25, 0.3) is 0 Å². The van der Waals surface area contributed by atoms with Crippen LogP contribution in [0.15, 0.2) is 42.9 Å². The number of aromatic nitrogens is 2. The molecule has 0 aliphatic carbocycles. The summed E-state index contributed by atoms with van der Waals surface area (Å²) in [4.78, 5) is 50.8. The summed E-state index contributed by atoms with van der Waals surface area (Å²) in [6.07, 6.45) is 6.34. The zero-order chi connectivity index (χ0) is 25.9. The number of esters is 1. The number of rotatable bonds is 6. The van der Waals surface area contributed by atoms with Gasteiger partial charge in [-0.25, -0.2) is 9.59 Å². The number of likely N-dealkylation sites (tertiary alicyclic amines) is 1. The number of carbonyl (C=O) groups excluding carboxylic acids is 3. The Labute approximate surface area is 210 Å². The van der Waals surface area contributed by atoms with Crippen LogP contribution in [0.3, 0.4) is 0 Å². The fourth-order valence-electron chi connectivity index (χ4n) is 5.11. The van der Waals surface area contributed by atoms with Gasteiger partial charge in [0.2, 0.25) is 5.91 Å². The second-order valence-electron chi connectivity index (χ2n) is 9.35. The summed E-state index contributed by atoms with van der Waals surface area (Å²) in [5, 5.41) is 12.1. The first-order chi connectivity index (χ1) is 17.4. The first kappa shape index (κ1) is 25.1. The van der Waals surface area contributed by atoms with E-state index in [0.29, 0.717) is 43.6 Å². The van der Waals surface area contributed by atoms with Crippen LogP contribution >= 0.6 is 0 Å². The Morgan fingerprint density at radius 1 is 1.31 bits per heavy atom. The Balaban J connectivity index is 1.54. The van der Waals surface area contributed by atoms with E-state index in [1.54, 1.807) is 28.3 Å². The fraction of sp³-hybridized carbons (Fsp3) is 0.462. The van der Waals surface area contributed by atoms with Crippen LogP contribution in [-0.2, 0) is 14.3 Å². The van der Waals surface area contributed by atoms with Gasteiger partial charge in [-0.05, 0) is 37.0 Å². The van der Waals surface area contributed by atoms with Crippen molar-refractivity contribution in [2.75, 3.05) is 25.1 Å². The number of ether oxygens (including phenoxy) is 1. The lowest BCUT2D eigenvalue weighted by Gasteiger charge is -2.58. The highest BCUT2D eigenvalue weighted by molar-refractivity contribution is 6.06. The van der Waals surface area contributed by atoms with Crippen LogP contribution in [0, 0.1) is 22.7 Å². The summed E-state index contributed by atoms with van der Waals surface area (Å²) < 4.78 is 4.88. The van der Waals surface area contributed by atoms with Crippen LogP contribution < -0.4 is 10.2 Å². The largest absolute Gasteiger partial charge is 0.467 e. The number of hydrogen-bond donors (Lipinski definition) is 1. The molecule has 4 heterocycles. The van der Waals surface area contributed by atoms with E-state index < -0.39 is 17.4 Å². The van der Waals surface area contributed by atoms with Crippen LogP contribution in [0.5, 0.6) is 0 Å². The molecular weight excluding hydrogens is 460 g/mol. The van der Waals surface area contributed by atoms with Gasteiger partial charge in [0.15, 0.2) is 0 Å². The molecule has 10 nitrogen and oxygen atoms in total. The maximum absolute atomic E-state index is 13.6. The van der Waals surface area contributed by atoms with Gasteiger partial charge in [-0.3, -0.25) is 14.8 Å². The van der Waals surface area contributed by atoms with Crippen LogP contribution in [-0.4, -0.2) is 59.0 Å². The second-order valence-corrected chi connectivity index (χ2v) is 9.35. The molecule has 0 aromatic carbocycles. The predicted molar refractivity (Wildman–Crippen MR) is 130 cm³/mol. The molecule has 1 N–H and O–H groups in total. The van der Waals surface area contributed by atoms with Gasteiger partial charge >= 0.3 is 12.0 Å². The first-order valence-corrected chi connectivity index (χ1v) is 12.1. The maximum atomic E-state index is 13.6. The summed E-state index contributed by atoms with van der Waals surface area (Å²) >= 11 is 0. The number of nitrogens with zero attached hydrogens (tertiary/aromatic N) is 5. The normalized spacial score (nSPS) is 20.2. The highest BCUT2D eigenvalue weighted by atomic mass is 16.5. The zero-order valence-corrected chi connectivity index (χ0v) is 20.7. The molecule has 2 aliphatic rings. The van der Waals surface area contributed by atoms with Crippen molar-refractivity contribution in [1.29, 1.82) is 5.26 Å². The molecule has 2 aliphatic heterocycles. The first-order valence-electron chi connectivity index (χ1n) is 12.1. The molecule has 2 aromatic heterocycles. The molecular formula is C26H30N6O4. The smallest absolute Gasteiger partial charge is 0.328 e. The minimum absolute atomic E-state index is 0.0675. The number of pyridine rings is 2. The molecule has 2 fully saturated rings. The number of anilines is 1. The minimum Gasteiger partial charge on any atom is -0.467 e. The number of urea groups is 1. The molecule has 3 amide bonds. The average Bonchev–Trinajstić information content (AvgIpc) is 2.93. The Hall–Kier alpha value is -4.00. The van der Waals surface area contributed by atoms with E-state index in [1.807, 2.05) is 32.0 Å². The standard InChI is InChI=1S/C26H30N6O4/c1-4-17(2)21(23(33)36-3)30-25(35)31-11-8-26(9-12-31)22(20-7-5-6-10-29-20)32(24(26)34)19-13-18(14-27)15-28-16-19/h5-7,10,13,15-17,21-22H,4,8-9,11-12H2,1-3H3,(H,30,35)/t17-,21-,22?/m0/s1. The molecule has 2 saturated heterocycles. The van der Waals surface area contributed by atoms with Gasteiger partial charge in [-0.1, -0.05) is 26.3 Å².